The summed E-state index contributed by atoms with van der Waals surface area (Å²) in [5.74, 6) is -0.286. The Labute approximate surface area is 145 Å². The van der Waals surface area contributed by atoms with Crippen LogP contribution in [-0.4, -0.2) is 31.1 Å². The van der Waals surface area contributed by atoms with Gasteiger partial charge in [0.1, 0.15) is 13.2 Å². The zero-order chi connectivity index (χ0) is 17.8. The Balaban J connectivity index is 2.15. The smallest absolute Gasteiger partial charge is 0.336 e. The summed E-state index contributed by atoms with van der Waals surface area (Å²) in [4.78, 5) is 13.7. The van der Waals surface area contributed by atoms with E-state index in [9.17, 15) is 4.79 Å². The van der Waals surface area contributed by atoms with Crippen LogP contribution in [0.3, 0.4) is 0 Å². The first-order valence-electron chi connectivity index (χ1n) is 8.31. The van der Waals surface area contributed by atoms with Gasteiger partial charge in [0.25, 0.3) is 0 Å². The van der Waals surface area contributed by atoms with E-state index in [1.54, 1.807) is 18.5 Å². The fraction of sp³-hybridized carbons (Fsp3) is 0.450. The lowest BCUT2D eigenvalue weighted by Crippen LogP contribution is -2.14. The van der Waals surface area contributed by atoms with Gasteiger partial charge >= 0.3 is 5.97 Å². The number of hydrogen-bond acceptors (Lipinski definition) is 4. The zero-order valence-corrected chi connectivity index (χ0v) is 15.2. The van der Waals surface area contributed by atoms with Crippen molar-refractivity contribution in [3.05, 3.63) is 59.7 Å². The topological polar surface area (TPSA) is 38.8 Å². The molecule has 0 amide bonds. The van der Waals surface area contributed by atoms with E-state index in [1.807, 2.05) is 24.2 Å². The number of esters is 1. The molecule has 0 bridgehead atoms. The second-order valence-corrected chi connectivity index (χ2v) is 6.08. The van der Waals surface area contributed by atoms with Gasteiger partial charge in [-0.2, -0.15) is 0 Å². The normalized spacial score (nSPS) is 14.6. The molecule has 0 spiro atoms. The van der Waals surface area contributed by atoms with Crippen LogP contribution in [0.25, 0.3) is 0 Å². The third kappa shape index (κ3) is 9.03. The number of nitrogens with zero attached hydrogens (tertiary/aromatic N) is 1. The van der Waals surface area contributed by atoms with E-state index in [0.717, 1.165) is 12.8 Å². The predicted octanol–water partition coefficient (Wildman–Crippen LogP) is 4.49. The van der Waals surface area contributed by atoms with Gasteiger partial charge in [0.05, 0.1) is 11.8 Å². The van der Waals surface area contributed by atoms with Crippen LogP contribution in [0, 0.1) is 0 Å². The molecule has 0 aromatic carbocycles. The average molecular weight is 331 g/mol. The fourth-order valence-electron chi connectivity index (χ4n) is 2.08. The van der Waals surface area contributed by atoms with Crippen molar-refractivity contribution in [1.82, 2.24) is 4.90 Å². The quantitative estimate of drug-likeness (QED) is 0.270. The highest BCUT2D eigenvalue weighted by Crippen LogP contribution is 2.12. The van der Waals surface area contributed by atoms with Crippen molar-refractivity contribution in [1.29, 1.82) is 0 Å². The first kappa shape index (κ1) is 19.8. The molecule has 0 saturated carbocycles. The van der Waals surface area contributed by atoms with Crippen LogP contribution in [0.4, 0.5) is 0 Å². The minimum Gasteiger partial charge on any atom is -0.497 e. The fourth-order valence-corrected chi connectivity index (χ4v) is 2.08. The Morgan fingerprint density at radius 3 is 2.75 bits per heavy atom. The number of carbonyl (C=O) groups is 1. The van der Waals surface area contributed by atoms with Crippen molar-refractivity contribution in [2.75, 3.05) is 20.3 Å². The Kier molecular flexibility index (Phi) is 9.35. The van der Waals surface area contributed by atoms with Gasteiger partial charge in [0, 0.05) is 19.7 Å². The van der Waals surface area contributed by atoms with E-state index in [4.69, 9.17) is 9.47 Å². The molecule has 0 atom stereocenters. The van der Waals surface area contributed by atoms with Gasteiger partial charge in [-0.15, -0.1) is 0 Å². The van der Waals surface area contributed by atoms with Crippen molar-refractivity contribution in [2.45, 2.75) is 40.0 Å². The molecule has 0 unspecified atom stereocenters. The third-order valence-electron chi connectivity index (χ3n) is 3.42. The van der Waals surface area contributed by atoms with Gasteiger partial charge in [0.15, 0.2) is 0 Å². The molecular weight excluding hydrogens is 302 g/mol. The first-order valence-corrected chi connectivity index (χ1v) is 8.31. The minimum atomic E-state index is -0.286. The van der Waals surface area contributed by atoms with Crippen LogP contribution >= 0.6 is 0 Å². The van der Waals surface area contributed by atoms with Gasteiger partial charge in [-0.05, 0) is 52.0 Å². The molecule has 0 radical (unpaired) electrons. The molecule has 0 saturated heterocycles. The van der Waals surface area contributed by atoms with E-state index in [0.29, 0.717) is 18.6 Å². The lowest BCUT2D eigenvalue weighted by atomic mass is 10.1. The standard InChI is InChI=1S/C20H29NO3/c1-17(2)8-5-9-18(3)11-15-23-13-7-14-24-20(22)19-10-6-12-21(4)16-19/h6-8,11-13,16H,5,9-10,14-15H2,1-4H3/b13-7+,18-11+. The number of ether oxygens (including phenoxy) is 2. The maximum Gasteiger partial charge on any atom is 0.336 e. The molecule has 4 heteroatoms. The Morgan fingerprint density at radius 2 is 2.04 bits per heavy atom. The predicted molar refractivity (Wildman–Crippen MR) is 98.1 cm³/mol. The number of hydrogen-bond donors (Lipinski definition) is 0. The van der Waals surface area contributed by atoms with Gasteiger partial charge in [-0.1, -0.05) is 23.3 Å². The molecule has 1 rings (SSSR count). The number of allylic oxidation sites excluding steroid dienone is 4. The third-order valence-corrected chi connectivity index (χ3v) is 3.42. The molecular formula is C20H29NO3. The minimum absolute atomic E-state index is 0.215. The van der Waals surface area contributed by atoms with Gasteiger partial charge in [0.2, 0.25) is 0 Å². The Hall–Kier alpha value is -2.23. The summed E-state index contributed by atoms with van der Waals surface area (Å²) in [5.41, 5.74) is 3.32. The van der Waals surface area contributed by atoms with E-state index in [-0.39, 0.29) is 12.6 Å². The van der Waals surface area contributed by atoms with Crippen LogP contribution in [0.15, 0.2) is 59.7 Å². The largest absolute Gasteiger partial charge is 0.497 e. The van der Waals surface area contributed by atoms with Crippen LogP contribution in [0.2, 0.25) is 0 Å². The summed E-state index contributed by atoms with van der Waals surface area (Å²) in [6.45, 7) is 7.08. The molecule has 4 nitrogen and oxygen atoms in total. The van der Waals surface area contributed by atoms with Crippen molar-refractivity contribution < 1.29 is 14.3 Å². The zero-order valence-electron chi connectivity index (χ0n) is 15.2. The molecule has 1 heterocycles. The van der Waals surface area contributed by atoms with Gasteiger partial charge in [-0.25, -0.2) is 4.79 Å². The Bertz CT molecular complexity index is 549. The van der Waals surface area contributed by atoms with Crippen LogP contribution in [-0.2, 0) is 14.3 Å². The molecule has 1 aliphatic heterocycles. The van der Waals surface area contributed by atoms with Gasteiger partial charge in [-0.3, -0.25) is 0 Å². The summed E-state index contributed by atoms with van der Waals surface area (Å²) in [6.07, 6.45) is 15.9. The van der Waals surface area contributed by atoms with Crippen molar-refractivity contribution in [3.8, 4) is 0 Å². The second kappa shape index (κ2) is 11.3. The molecule has 24 heavy (non-hydrogen) atoms. The number of rotatable bonds is 9. The van der Waals surface area contributed by atoms with Crippen LogP contribution in [0.5, 0.6) is 0 Å². The lowest BCUT2D eigenvalue weighted by molar-refractivity contribution is -0.138. The van der Waals surface area contributed by atoms with Gasteiger partial charge < -0.3 is 14.4 Å². The Morgan fingerprint density at radius 1 is 1.25 bits per heavy atom. The van der Waals surface area contributed by atoms with E-state index >= 15 is 0 Å². The van der Waals surface area contributed by atoms with Crippen LogP contribution in [0.1, 0.15) is 40.0 Å². The molecule has 0 aliphatic carbocycles. The maximum atomic E-state index is 11.8. The SMILES string of the molecule is CC(C)=CCC/C(C)=C/CO/C=C/COC(=O)C1=CN(C)C=CC1. The summed E-state index contributed by atoms with van der Waals surface area (Å²) in [7, 11) is 1.88. The van der Waals surface area contributed by atoms with Crippen molar-refractivity contribution in [2.24, 2.45) is 0 Å². The second-order valence-electron chi connectivity index (χ2n) is 6.08. The maximum absolute atomic E-state index is 11.8. The summed E-state index contributed by atoms with van der Waals surface area (Å²) >= 11 is 0. The molecule has 1 aliphatic rings. The van der Waals surface area contributed by atoms with Crippen molar-refractivity contribution >= 4 is 5.97 Å². The average Bonchev–Trinajstić information content (AvgIpc) is 2.53. The first-order chi connectivity index (χ1) is 11.5. The number of carbonyl (C=O) groups excluding carboxylic acids is 1. The summed E-state index contributed by atoms with van der Waals surface area (Å²) < 4.78 is 10.6. The van der Waals surface area contributed by atoms with E-state index < -0.39 is 0 Å². The van der Waals surface area contributed by atoms with Crippen LogP contribution < -0.4 is 0 Å². The van der Waals surface area contributed by atoms with E-state index in [1.165, 1.54) is 11.1 Å². The summed E-state index contributed by atoms with van der Waals surface area (Å²) in [6, 6.07) is 0. The lowest BCUT2D eigenvalue weighted by Gasteiger charge is -2.15. The monoisotopic (exact) mass is 331 g/mol. The molecule has 0 aromatic rings. The molecule has 0 N–H and O–H groups in total. The van der Waals surface area contributed by atoms with Crippen molar-refractivity contribution in [3.63, 3.8) is 0 Å². The molecule has 0 fully saturated rings. The summed E-state index contributed by atoms with van der Waals surface area (Å²) in [5, 5.41) is 0. The molecule has 132 valence electrons. The highest BCUT2D eigenvalue weighted by atomic mass is 16.5. The molecule has 0 aromatic heterocycles. The van der Waals surface area contributed by atoms with E-state index in [2.05, 4.69) is 32.9 Å². The highest BCUT2D eigenvalue weighted by Gasteiger charge is 2.12. The highest BCUT2D eigenvalue weighted by molar-refractivity contribution is 5.88.